The molecule has 0 unspecified atom stereocenters. The molecule has 0 aliphatic rings. The van der Waals surface area contributed by atoms with Gasteiger partial charge in [-0.2, -0.15) is 8.78 Å². The summed E-state index contributed by atoms with van der Waals surface area (Å²) in [5, 5.41) is 3.06. The zero-order chi connectivity index (χ0) is 20.1. The Hall–Kier alpha value is -1.31. The molecular formula is C17H14Cl4F2N2O2. The average molecular weight is 458 g/mol. The Kier molecular flexibility index (Phi) is 7.94. The zero-order valence-corrected chi connectivity index (χ0v) is 16.9. The van der Waals surface area contributed by atoms with Crippen LogP contribution in [0.25, 0.3) is 0 Å². The molecule has 0 heterocycles. The molecule has 27 heavy (non-hydrogen) atoms. The molecule has 0 aromatic heterocycles. The lowest BCUT2D eigenvalue weighted by molar-refractivity contribution is -0.117. The van der Waals surface area contributed by atoms with Gasteiger partial charge in [0.2, 0.25) is 5.91 Å². The van der Waals surface area contributed by atoms with Crippen molar-refractivity contribution in [2.45, 2.75) is 13.2 Å². The van der Waals surface area contributed by atoms with E-state index < -0.39 is 12.5 Å². The number of hydrogen-bond donors (Lipinski definition) is 1. The topological polar surface area (TPSA) is 41.6 Å². The fourth-order valence-corrected chi connectivity index (χ4v) is 3.20. The van der Waals surface area contributed by atoms with Gasteiger partial charge in [0.25, 0.3) is 0 Å². The van der Waals surface area contributed by atoms with Crippen molar-refractivity contribution < 1.29 is 18.3 Å². The summed E-state index contributed by atoms with van der Waals surface area (Å²) in [6.07, 6.45) is 0. The number of benzene rings is 2. The van der Waals surface area contributed by atoms with E-state index in [0.717, 1.165) is 0 Å². The predicted molar refractivity (Wildman–Crippen MR) is 105 cm³/mol. The highest BCUT2D eigenvalue weighted by Gasteiger charge is 2.17. The van der Waals surface area contributed by atoms with Gasteiger partial charge in [-0.15, -0.1) is 0 Å². The van der Waals surface area contributed by atoms with Crippen LogP contribution in [-0.2, 0) is 11.3 Å². The minimum Gasteiger partial charge on any atom is -0.435 e. The van der Waals surface area contributed by atoms with Gasteiger partial charge in [-0.1, -0.05) is 58.5 Å². The maximum absolute atomic E-state index is 12.3. The molecule has 1 N–H and O–H groups in total. The van der Waals surface area contributed by atoms with Gasteiger partial charge in [0.1, 0.15) is 5.75 Å². The highest BCUT2D eigenvalue weighted by Crippen LogP contribution is 2.40. The Morgan fingerprint density at radius 2 is 1.78 bits per heavy atom. The second-order valence-corrected chi connectivity index (χ2v) is 7.16. The largest absolute Gasteiger partial charge is 0.435 e. The van der Waals surface area contributed by atoms with E-state index in [2.05, 4.69) is 10.1 Å². The molecule has 10 heteroatoms. The molecule has 0 spiro atoms. The first-order valence-electron chi connectivity index (χ1n) is 7.52. The third-order valence-electron chi connectivity index (χ3n) is 3.37. The third-order valence-corrected chi connectivity index (χ3v) is 4.94. The minimum absolute atomic E-state index is 0.0171. The number of alkyl halides is 2. The number of halogens is 6. The van der Waals surface area contributed by atoms with Gasteiger partial charge in [0, 0.05) is 6.54 Å². The fraction of sp³-hybridized carbons (Fsp3) is 0.235. The van der Waals surface area contributed by atoms with Crippen molar-refractivity contribution in [2.24, 2.45) is 0 Å². The van der Waals surface area contributed by atoms with Crippen molar-refractivity contribution in [3.8, 4) is 5.75 Å². The van der Waals surface area contributed by atoms with Crippen molar-refractivity contribution in [2.75, 3.05) is 18.9 Å². The first kappa shape index (κ1) is 22.0. The lowest BCUT2D eigenvalue weighted by Gasteiger charge is -2.18. The number of amides is 1. The van der Waals surface area contributed by atoms with E-state index in [-0.39, 0.29) is 38.1 Å². The van der Waals surface area contributed by atoms with Gasteiger partial charge in [-0.3, -0.25) is 9.69 Å². The quantitative estimate of drug-likeness (QED) is 0.520. The number of carbonyl (C=O) groups is 1. The summed E-state index contributed by atoms with van der Waals surface area (Å²) in [4.78, 5) is 13.9. The van der Waals surface area contributed by atoms with E-state index >= 15 is 0 Å². The molecule has 0 saturated carbocycles. The standard InChI is InChI=1S/C17H14Cl4F2N2O2/c1-25(7-9-3-2-4-10(5-9)27-17(22)23)8-13(26)24-16-14(20)11(18)6-12(19)15(16)21/h2-6,17H,7-8H2,1H3,(H,24,26). The summed E-state index contributed by atoms with van der Waals surface area (Å²) < 4.78 is 28.9. The Balaban J connectivity index is 2.01. The van der Waals surface area contributed by atoms with Crippen molar-refractivity contribution in [3.05, 3.63) is 56.0 Å². The van der Waals surface area contributed by atoms with Crippen LogP contribution in [0.5, 0.6) is 5.75 Å². The third kappa shape index (κ3) is 6.36. The van der Waals surface area contributed by atoms with Crippen molar-refractivity contribution in [1.82, 2.24) is 4.90 Å². The monoisotopic (exact) mass is 456 g/mol. The normalized spacial score (nSPS) is 11.1. The van der Waals surface area contributed by atoms with E-state index in [1.54, 1.807) is 24.1 Å². The van der Waals surface area contributed by atoms with E-state index in [9.17, 15) is 13.6 Å². The van der Waals surface area contributed by atoms with E-state index in [1.807, 2.05) is 0 Å². The second-order valence-electron chi connectivity index (χ2n) is 5.59. The molecule has 0 saturated heterocycles. The average Bonchev–Trinajstić information content (AvgIpc) is 2.56. The second kappa shape index (κ2) is 9.75. The van der Waals surface area contributed by atoms with Gasteiger partial charge >= 0.3 is 6.61 Å². The summed E-state index contributed by atoms with van der Waals surface area (Å²) in [5.41, 5.74) is 0.826. The molecule has 0 fully saturated rings. The number of nitrogens with one attached hydrogen (secondary N) is 1. The molecule has 0 atom stereocenters. The molecule has 2 aromatic carbocycles. The molecule has 4 nitrogen and oxygen atoms in total. The van der Waals surface area contributed by atoms with Crippen LogP contribution in [0.3, 0.4) is 0 Å². The number of carbonyl (C=O) groups excluding carboxylic acids is 1. The van der Waals surface area contributed by atoms with Crippen LogP contribution in [-0.4, -0.2) is 31.0 Å². The molecule has 1 amide bonds. The van der Waals surface area contributed by atoms with E-state index in [0.29, 0.717) is 12.1 Å². The van der Waals surface area contributed by atoms with Gasteiger partial charge in [0.15, 0.2) is 0 Å². The Morgan fingerprint density at radius 1 is 1.15 bits per heavy atom. The molecule has 0 bridgehead atoms. The van der Waals surface area contributed by atoms with Crippen molar-refractivity contribution >= 4 is 58.0 Å². The summed E-state index contributed by atoms with van der Waals surface area (Å²) in [7, 11) is 1.69. The van der Waals surface area contributed by atoms with Crippen LogP contribution < -0.4 is 10.1 Å². The van der Waals surface area contributed by atoms with Crippen LogP contribution in [0.1, 0.15) is 5.56 Å². The first-order valence-corrected chi connectivity index (χ1v) is 9.03. The van der Waals surface area contributed by atoms with E-state index in [1.165, 1.54) is 18.2 Å². The first-order chi connectivity index (χ1) is 12.7. The Bertz CT molecular complexity index is 811. The van der Waals surface area contributed by atoms with Gasteiger partial charge in [-0.25, -0.2) is 0 Å². The molecule has 2 rings (SSSR count). The van der Waals surface area contributed by atoms with Gasteiger partial charge in [0.05, 0.1) is 32.3 Å². The maximum Gasteiger partial charge on any atom is 0.387 e. The number of hydrogen-bond acceptors (Lipinski definition) is 3. The van der Waals surface area contributed by atoms with Gasteiger partial charge < -0.3 is 10.1 Å². The lowest BCUT2D eigenvalue weighted by atomic mass is 10.2. The molecule has 2 aromatic rings. The highest BCUT2D eigenvalue weighted by atomic mass is 35.5. The SMILES string of the molecule is CN(CC(=O)Nc1c(Cl)c(Cl)cc(Cl)c1Cl)Cc1cccc(OC(F)F)c1. The smallest absolute Gasteiger partial charge is 0.387 e. The van der Waals surface area contributed by atoms with E-state index in [4.69, 9.17) is 46.4 Å². The fourth-order valence-electron chi connectivity index (χ4n) is 2.29. The molecule has 0 radical (unpaired) electrons. The highest BCUT2D eigenvalue weighted by molar-refractivity contribution is 6.50. The Labute approximate surface area is 174 Å². The number of rotatable bonds is 7. The molecule has 0 aliphatic carbocycles. The number of anilines is 1. The van der Waals surface area contributed by atoms with Crippen LogP contribution in [0.15, 0.2) is 30.3 Å². The van der Waals surface area contributed by atoms with Crippen LogP contribution in [0, 0.1) is 0 Å². The van der Waals surface area contributed by atoms with Crippen LogP contribution in [0.2, 0.25) is 20.1 Å². The number of likely N-dealkylation sites (N-methyl/N-ethyl adjacent to an activating group) is 1. The summed E-state index contributed by atoms with van der Waals surface area (Å²) >= 11 is 24.0. The maximum atomic E-state index is 12.3. The molecule has 146 valence electrons. The Morgan fingerprint density at radius 3 is 2.37 bits per heavy atom. The summed E-state index contributed by atoms with van der Waals surface area (Å²) in [6, 6.07) is 7.61. The van der Waals surface area contributed by atoms with Crippen molar-refractivity contribution in [3.63, 3.8) is 0 Å². The van der Waals surface area contributed by atoms with Crippen molar-refractivity contribution in [1.29, 1.82) is 0 Å². The predicted octanol–water partition coefficient (Wildman–Crippen LogP) is 5.97. The van der Waals surface area contributed by atoms with Gasteiger partial charge in [-0.05, 0) is 30.8 Å². The number of nitrogens with zero attached hydrogens (tertiary/aromatic N) is 1. The van der Waals surface area contributed by atoms with Crippen LogP contribution in [0.4, 0.5) is 14.5 Å². The minimum atomic E-state index is -2.90. The molecule has 0 aliphatic heterocycles. The zero-order valence-electron chi connectivity index (χ0n) is 13.9. The number of ether oxygens (including phenoxy) is 1. The summed E-state index contributed by atoms with van der Waals surface area (Å²) in [6.45, 7) is -2.59. The lowest BCUT2D eigenvalue weighted by Crippen LogP contribution is -2.30. The summed E-state index contributed by atoms with van der Waals surface area (Å²) in [5.74, 6) is -0.355. The molecular weight excluding hydrogens is 444 g/mol. The van der Waals surface area contributed by atoms with Crippen LogP contribution >= 0.6 is 46.4 Å².